The van der Waals surface area contributed by atoms with Crippen molar-refractivity contribution in [3.05, 3.63) is 30.3 Å². The summed E-state index contributed by atoms with van der Waals surface area (Å²) in [6.45, 7) is 1.48. The molecule has 0 spiro atoms. The Morgan fingerprint density at radius 1 is 1.24 bits per heavy atom. The van der Waals surface area contributed by atoms with Gasteiger partial charge in [-0.15, -0.1) is 0 Å². The van der Waals surface area contributed by atoms with E-state index in [4.69, 9.17) is 5.11 Å². The van der Waals surface area contributed by atoms with Gasteiger partial charge in [-0.2, -0.15) is 0 Å². The van der Waals surface area contributed by atoms with E-state index in [1.165, 1.54) is 4.90 Å². The Kier molecular flexibility index (Phi) is 7.31. The van der Waals surface area contributed by atoms with Crippen LogP contribution in [-0.2, 0) is 9.59 Å². The standard InChI is InChI=1S/C18H24N2O4S/c1-13(12-25-18(24)19-14-7-3-2-4-8-14)17(23)20(11-16(21)22)15-9-5-6-10-15/h2-4,7-8,13,15H,5-6,9-12H2,1H3,(H,19,24)(H,21,22). The largest absolute Gasteiger partial charge is 0.480 e. The second kappa shape index (κ2) is 9.46. The summed E-state index contributed by atoms with van der Waals surface area (Å²) in [4.78, 5) is 37.2. The maximum absolute atomic E-state index is 12.7. The molecule has 25 heavy (non-hydrogen) atoms. The predicted molar refractivity (Wildman–Crippen MR) is 98.7 cm³/mol. The van der Waals surface area contributed by atoms with E-state index in [9.17, 15) is 14.4 Å². The smallest absolute Gasteiger partial charge is 0.323 e. The molecule has 1 fully saturated rings. The Morgan fingerprint density at radius 2 is 1.88 bits per heavy atom. The SMILES string of the molecule is CC(CSC(=O)Nc1ccccc1)C(=O)N(CC(=O)O)C1CCCC1. The molecule has 1 atom stereocenters. The van der Waals surface area contributed by atoms with Crippen molar-refractivity contribution in [2.75, 3.05) is 17.6 Å². The predicted octanol–water partition coefficient (Wildman–Crippen LogP) is 3.44. The van der Waals surface area contributed by atoms with E-state index in [2.05, 4.69) is 5.32 Å². The van der Waals surface area contributed by atoms with Crippen LogP contribution in [0.1, 0.15) is 32.6 Å². The molecule has 2 N–H and O–H groups in total. The van der Waals surface area contributed by atoms with Gasteiger partial charge < -0.3 is 15.3 Å². The number of nitrogens with zero attached hydrogens (tertiary/aromatic N) is 1. The van der Waals surface area contributed by atoms with Crippen molar-refractivity contribution in [3.8, 4) is 0 Å². The zero-order chi connectivity index (χ0) is 18.2. The Hall–Kier alpha value is -2.02. The van der Waals surface area contributed by atoms with Crippen molar-refractivity contribution >= 4 is 34.6 Å². The number of thioether (sulfide) groups is 1. The van der Waals surface area contributed by atoms with Gasteiger partial charge in [0.05, 0.1) is 0 Å². The van der Waals surface area contributed by atoms with Gasteiger partial charge in [0, 0.05) is 23.4 Å². The molecule has 1 unspecified atom stereocenters. The lowest BCUT2D eigenvalue weighted by Crippen LogP contribution is -2.45. The number of aliphatic carboxylic acids is 1. The van der Waals surface area contributed by atoms with E-state index in [1.54, 1.807) is 19.1 Å². The third kappa shape index (κ3) is 6.08. The van der Waals surface area contributed by atoms with E-state index in [1.807, 2.05) is 18.2 Å². The number of para-hydroxylation sites is 1. The average Bonchev–Trinajstić information content (AvgIpc) is 3.12. The van der Waals surface area contributed by atoms with Gasteiger partial charge in [-0.05, 0) is 25.0 Å². The van der Waals surface area contributed by atoms with Crippen LogP contribution >= 0.6 is 11.8 Å². The van der Waals surface area contributed by atoms with Crippen molar-refractivity contribution in [2.24, 2.45) is 5.92 Å². The lowest BCUT2D eigenvalue weighted by molar-refractivity contribution is -0.147. The highest BCUT2D eigenvalue weighted by atomic mass is 32.2. The van der Waals surface area contributed by atoms with E-state index in [-0.39, 0.29) is 23.7 Å². The molecule has 0 aliphatic heterocycles. The fourth-order valence-corrected chi connectivity index (χ4v) is 3.71. The van der Waals surface area contributed by atoms with Crippen LogP contribution < -0.4 is 5.32 Å². The minimum Gasteiger partial charge on any atom is -0.480 e. The van der Waals surface area contributed by atoms with Gasteiger partial charge in [0.2, 0.25) is 5.91 Å². The van der Waals surface area contributed by atoms with Crippen LogP contribution in [0, 0.1) is 5.92 Å². The lowest BCUT2D eigenvalue weighted by atomic mass is 10.1. The normalized spacial score (nSPS) is 15.6. The van der Waals surface area contributed by atoms with Gasteiger partial charge in [0.1, 0.15) is 6.54 Å². The Morgan fingerprint density at radius 3 is 2.48 bits per heavy atom. The van der Waals surface area contributed by atoms with Crippen LogP contribution in [0.3, 0.4) is 0 Å². The van der Waals surface area contributed by atoms with Crippen molar-refractivity contribution in [1.82, 2.24) is 4.90 Å². The first-order chi connectivity index (χ1) is 12.0. The van der Waals surface area contributed by atoms with Crippen molar-refractivity contribution in [1.29, 1.82) is 0 Å². The van der Waals surface area contributed by atoms with Gasteiger partial charge in [-0.3, -0.25) is 14.4 Å². The first-order valence-corrected chi connectivity index (χ1v) is 9.47. The third-order valence-corrected chi connectivity index (χ3v) is 5.29. The molecule has 0 bridgehead atoms. The fraction of sp³-hybridized carbons (Fsp3) is 0.500. The summed E-state index contributed by atoms with van der Waals surface area (Å²) < 4.78 is 0. The van der Waals surface area contributed by atoms with E-state index in [0.717, 1.165) is 37.4 Å². The number of carboxylic acid groups (broad SMARTS) is 1. The van der Waals surface area contributed by atoms with Crippen molar-refractivity contribution < 1.29 is 19.5 Å². The molecule has 0 aromatic heterocycles. The molecule has 1 aliphatic carbocycles. The summed E-state index contributed by atoms with van der Waals surface area (Å²) in [5.74, 6) is -1.27. The molecule has 0 saturated heterocycles. The maximum atomic E-state index is 12.7. The zero-order valence-corrected chi connectivity index (χ0v) is 15.1. The number of benzene rings is 1. The summed E-state index contributed by atoms with van der Waals surface area (Å²) in [5.41, 5.74) is 0.706. The van der Waals surface area contributed by atoms with E-state index in [0.29, 0.717) is 11.4 Å². The Labute approximate surface area is 152 Å². The highest BCUT2D eigenvalue weighted by molar-refractivity contribution is 8.13. The van der Waals surface area contributed by atoms with Crippen LogP contribution in [0.4, 0.5) is 10.5 Å². The number of hydrogen-bond donors (Lipinski definition) is 2. The molecule has 0 radical (unpaired) electrons. The number of carboxylic acids is 1. The lowest BCUT2D eigenvalue weighted by Gasteiger charge is -2.29. The summed E-state index contributed by atoms with van der Waals surface area (Å²) >= 11 is 1.04. The Bertz CT molecular complexity index is 602. The molecular formula is C18H24N2O4S. The first kappa shape index (κ1) is 19.3. The van der Waals surface area contributed by atoms with Crippen LogP contribution in [-0.4, -0.2) is 45.5 Å². The number of anilines is 1. The number of carbonyl (C=O) groups excluding carboxylic acids is 2. The summed E-state index contributed by atoms with van der Waals surface area (Å²) in [7, 11) is 0. The molecule has 1 aromatic rings. The fourth-order valence-electron chi connectivity index (χ4n) is 2.98. The molecular weight excluding hydrogens is 340 g/mol. The number of hydrogen-bond acceptors (Lipinski definition) is 4. The first-order valence-electron chi connectivity index (χ1n) is 8.48. The second-order valence-electron chi connectivity index (χ2n) is 6.29. The van der Waals surface area contributed by atoms with Gasteiger partial charge >= 0.3 is 5.97 Å². The van der Waals surface area contributed by atoms with E-state index >= 15 is 0 Å². The Balaban J connectivity index is 1.86. The average molecular weight is 364 g/mol. The third-order valence-electron chi connectivity index (χ3n) is 4.26. The van der Waals surface area contributed by atoms with Crippen molar-refractivity contribution in [2.45, 2.75) is 38.6 Å². The summed E-state index contributed by atoms with van der Waals surface area (Å²) in [6.07, 6.45) is 3.76. The highest BCUT2D eigenvalue weighted by Gasteiger charge is 2.31. The number of nitrogens with one attached hydrogen (secondary N) is 1. The molecule has 6 nitrogen and oxygen atoms in total. The maximum Gasteiger partial charge on any atom is 0.323 e. The van der Waals surface area contributed by atoms with Gasteiger partial charge in [0.25, 0.3) is 5.24 Å². The van der Waals surface area contributed by atoms with E-state index < -0.39 is 11.9 Å². The van der Waals surface area contributed by atoms with Crippen molar-refractivity contribution in [3.63, 3.8) is 0 Å². The molecule has 136 valence electrons. The van der Waals surface area contributed by atoms with Gasteiger partial charge in [-0.25, -0.2) is 0 Å². The van der Waals surface area contributed by atoms with Gasteiger partial charge in [0.15, 0.2) is 0 Å². The molecule has 2 rings (SSSR count). The van der Waals surface area contributed by atoms with Crippen LogP contribution in [0.15, 0.2) is 30.3 Å². The number of rotatable bonds is 7. The molecule has 1 aliphatic rings. The zero-order valence-electron chi connectivity index (χ0n) is 14.3. The molecule has 1 aromatic carbocycles. The van der Waals surface area contributed by atoms with Crippen LogP contribution in [0.5, 0.6) is 0 Å². The minimum atomic E-state index is -0.998. The molecule has 7 heteroatoms. The quantitative estimate of drug-likeness (QED) is 0.774. The monoisotopic (exact) mass is 364 g/mol. The van der Waals surface area contributed by atoms with Crippen LogP contribution in [0.25, 0.3) is 0 Å². The summed E-state index contributed by atoms with van der Waals surface area (Å²) in [6, 6.07) is 9.12. The minimum absolute atomic E-state index is 0.00851. The number of carbonyl (C=O) groups is 3. The summed E-state index contributed by atoms with van der Waals surface area (Å²) in [5, 5.41) is 11.6. The highest BCUT2D eigenvalue weighted by Crippen LogP contribution is 2.25. The second-order valence-corrected chi connectivity index (χ2v) is 7.28. The molecule has 1 saturated carbocycles. The molecule has 2 amide bonds. The van der Waals surface area contributed by atoms with Crippen LogP contribution in [0.2, 0.25) is 0 Å². The topological polar surface area (TPSA) is 86.7 Å². The molecule has 0 heterocycles. The number of amides is 2. The van der Waals surface area contributed by atoms with Gasteiger partial charge in [-0.1, -0.05) is 49.7 Å².